The number of hydrogen-bond donors (Lipinski definition) is 4. The molecule has 4 heterocycles. The van der Waals surface area contributed by atoms with Gasteiger partial charge >= 0.3 is 12.2 Å². The number of hydrogen-bond acceptors (Lipinski definition) is 8. The summed E-state index contributed by atoms with van der Waals surface area (Å²) in [5.74, 6) is 6.64. The lowest BCUT2D eigenvalue weighted by molar-refractivity contribution is -0.136. The molecule has 0 aliphatic carbocycles. The van der Waals surface area contributed by atoms with E-state index >= 15 is 0 Å². The Bertz CT molecular complexity index is 2120. The Hall–Kier alpha value is -4.51. The van der Waals surface area contributed by atoms with Crippen LogP contribution in [0.2, 0.25) is 0 Å². The van der Waals surface area contributed by atoms with Gasteiger partial charge in [0.15, 0.2) is 0 Å². The zero-order chi connectivity index (χ0) is 39.4. The van der Waals surface area contributed by atoms with E-state index in [0.29, 0.717) is 29.2 Å². The van der Waals surface area contributed by atoms with E-state index in [9.17, 15) is 23.6 Å². The number of ether oxygens (including phenoxy) is 2. The van der Waals surface area contributed by atoms with Crippen LogP contribution in [-0.2, 0) is 19.1 Å². The van der Waals surface area contributed by atoms with Crippen LogP contribution in [0.25, 0.3) is 22.3 Å². The van der Waals surface area contributed by atoms with Crippen LogP contribution >= 0.6 is 54.0 Å². The van der Waals surface area contributed by atoms with Gasteiger partial charge in [-0.15, -0.1) is 0 Å². The second-order valence-electron chi connectivity index (χ2n) is 14.6. The third kappa shape index (κ3) is 12.1. The van der Waals surface area contributed by atoms with Crippen molar-refractivity contribution in [2.75, 3.05) is 27.3 Å². The zero-order valence-electron chi connectivity index (χ0n) is 33.8. The third-order valence-corrected chi connectivity index (χ3v) is 10.1. The summed E-state index contributed by atoms with van der Waals surface area (Å²) >= 11 is 0. The molecule has 4 amide bonds. The van der Waals surface area contributed by atoms with Crippen LogP contribution in [0.3, 0.4) is 0 Å². The number of H-pyrrole nitrogens is 2. The maximum Gasteiger partial charge on any atom is 0.407 e. The first-order valence-electron chi connectivity index (χ1n) is 18.5. The number of rotatable bonds is 9. The van der Waals surface area contributed by atoms with Gasteiger partial charge in [0.2, 0.25) is 11.8 Å². The first-order valence-corrected chi connectivity index (χ1v) is 18.5. The van der Waals surface area contributed by atoms with Crippen LogP contribution in [-0.4, -0.2) is 99.3 Å². The molecule has 2 aromatic carbocycles. The number of amides is 4. The number of aromatic nitrogens is 4. The molecule has 0 radical (unpaired) electrons. The number of aromatic amines is 2. The fourth-order valence-corrected chi connectivity index (χ4v) is 7.15. The molecule has 330 valence electrons. The van der Waals surface area contributed by atoms with E-state index in [4.69, 9.17) is 9.47 Å². The summed E-state index contributed by atoms with van der Waals surface area (Å²) < 4.78 is 24.2. The first-order chi connectivity index (χ1) is 26.4. The average molecular weight is 907 g/mol. The van der Waals surface area contributed by atoms with Gasteiger partial charge < -0.3 is 39.9 Å². The van der Waals surface area contributed by atoms with Gasteiger partial charge in [0.05, 0.1) is 55.8 Å². The van der Waals surface area contributed by atoms with E-state index in [-0.39, 0.29) is 98.2 Å². The quantitative estimate of drug-likeness (QED) is 0.138. The van der Waals surface area contributed by atoms with Crippen molar-refractivity contribution < 1.29 is 33.0 Å². The number of nitrogens with zero attached hydrogens (tertiary/aromatic N) is 4. The summed E-state index contributed by atoms with van der Waals surface area (Å²) in [7, 11) is 2.50. The largest absolute Gasteiger partial charge is 0.453 e. The number of nitrogens with one attached hydrogen (secondary N) is 4. The van der Waals surface area contributed by atoms with Crippen molar-refractivity contribution in [3.63, 3.8) is 0 Å². The number of imidazole rings is 2. The minimum atomic E-state index is -1.23. The molecule has 4 N–H and O–H groups in total. The second-order valence-corrected chi connectivity index (χ2v) is 14.6. The van der Waals surface area contributed by atoms with E-state index < -0.39 is 42.4 Å². The molecule has 0 saturated carbocycles. The van der Waals surface area contributed by atoms with Gasteiger partial charge in [0, 0.05) is 24.1 Å². The number of benzene rings is 2. The fourth-order valence-electron chi connectivity index (χ4n) is 7.15. The molecular weight excluding hydrogens is 848 g/mol. The van der Waals surface area contributed by atoms with Crippen LogP contribution in [0.15, 0.2) is 48.7 Å². The molecule has 0 unspecified atom stereocenters. The number of carbonyl (C=O) groups is 4. The lowest BCUT2D eigenvalue weighted by Gasteiger charge is -2.30. The number of methoxy groups -OCH3 is 2. The summed E-state index contributed by atoms with van der Waals surface area (Å²) in [6.07, 6.45) is 0.832. The molecule has 0 bridgehead atoms. The highest BCUT2D eigenvalue weighted by atomic mass is 32.1. The molecule has 2 aromatic heterocycles. The molecular formula is C41H59FN8O6S4. The molecule has 0 spiro atoms. The van der Waals surface area contributed by atoms with Crippen LogP contribution in [0.1, 0.15) is 89.2 Å². The maximum atomic E-state index is 14.8. The van der Waals surface area contributed by atoms with Crippen LogP contribution in [0.4, 0.5) is 14.0 Å². The SMILES string of the molecule is C.COC(=O)N[C@H](C(=O)N1CCC[C@H]1c1ncc(-c2ccc(C#Cc3ccc4nc([C@@H]5C[C@@H](F)CN5C(=O)[C@@H](NC(=O)OC)C(C)C)[nH]c4c3)cc2)[nH]1)C(C)C.S.S.S.S. The predicted octanol–water partition coefficient (Wildman–Crippen LogP) is 6.48. The molecule has 5 atom stereocenters. The van der Waals surface area contributed by atoms with E-state index in [0.717, 1.165) is 35.2 Å². The highest BCUT2D eigenvalue weighted by Crippen LogP contribution is 2.35. The number of halogens is 1. The average Bonchev–Trinajstić information content (AvgIpc) is 4.00. The molecule has 60 heavy (non-hydrogen) atoms. The van der Waals surface area contributed by atoms with Gasteiger partial charge in [-0.1, -0.05) is 59.1 Å². The van der Waals surface area contributed by atoms with E-state index in [2.05, 4.69) is 42.4 Å². The summed E-state index contributed by atoms with van der Waals surface area (Å²) in [4.78, 5) is 70.1. The molecule has 4 aromatic rings. The Kier molecular flexibility index (Phi) is 20.9. The number of carbonyl (C=O) groups excluding carboxylic acids is 4. The van der Waals surface area contributed by atoms with E-state index in [1.54, 1.807) is 24.9 Å². The van der Waals surface area contributed by atoms with Gasteiger partial charge in [0.25, 0.3) is 0 Å². The Labute approximate surface area is 379 Å². The van der Waals surface area contributed by atoms with Crippen LogP contribution in [0.5, 0.6) is 0 Å². The summed E-state index contributed by atoms with van der Waals surface area (Å²) in [6.45, 7) is 7.85. The Balaban J connectivity index is 0.00000360. The predicted molar refractivity (Wildman–Crippen MR) is 250 cm³/mol. The normalized spacial score (nSPS) is 17.6. The van der Waals surface area contributed by atoms with Crippen molar-refractivity contribution in [2.45, 2.75) is 84.7 Å². The monoisotopic (exact) mass is 906 g/mol. The van der Waals surface area contributed by atoms with Gasteiger partial charge in [-0.2, -0.15) is 54.0 Å². The van der Waals surface area contributed by atoms with Gasteiger partial charge in [-0.05, 0) is 60.6 Å². The molecule has 2 aliphatic rings. The second kappa shape index (κ2) is 23.5. The number of fused-ring (bicyclic) bond motifs is 1. The van der Waals surface area contributed by atoms with E-state index in [1.165, 1.54) is 19.1 Å². The topological polar surface area (TPSA) is 175 Å². The third-order valence-electron chi connectivity index (χ3n) is 10.1. The zero-order valence-corrected chi connectivity index (χ0v) is 37.8. The lowest BCUT2D eigenvalue weighted by Crippen LogP contribution is -2.51. The first kappa shape index (κ1) is 53.5. The fraction of sp³-hybridized carbons (Fsp3) is 0.463. The molecule has 19 heteroatoms. The van der Waals surface area contributed by atoms with Gasteiger partial charge in [-0.25, -0.2) is 23.9 Å². The minimum Gasteiger partial charge on any atom is -0.453 e. The standard InChI is InChI=1S/C40H47FN8O6.CH4.4H2S/c1-22(2)33(46-39(52)54-5)37(50)48-17-7-8-31(48)35-42-20-30(45-35)26-14-11-24(12-15-26)9-10-25-13-16-28-29(18-25)44-36(43-28)32-19-27(41)21-49(32)38(51)34(23(3)4)47-40(53)55-6;;;;;/h11-16,18,20,22-23,27,31-34H,7-8,17,19,21H2,1-6H3,(H,42,45)(H,43,44)(H,46,52)(H,47,53);1H4;4*1H2/t27-,31+,32+,33+,34+;;;;;/m1...../s1. The Morgan fingerprint density at radius 3 is 1.95 bits per heavy atom. The number of likely N-dealkylation sites (tertiary alicyclic amines) is 2. The molecule has 6 rings (SSSR count). The summed E-state index contributed by atoms with van der Waals surface area (Å²) in [5.41, 5.74) is 4.63. The van der Waals surface area contributed by atoms with Crippen molar-refractivity contribution in [1.82, 2.24) is 40.4 Å². The Morgan fingerprint density at radius 2 is 1.37 bits per heavy atom. The highest BCUT2D eigenvalue weighted by molar-refractivity contribution is 7.59. The van der Waals surface area contributed by atoms with Gasteiger partial charge in [-0.3, -0.25) is 9.59 Å². The van der Waals surface area contributed by atoms with Crippen molar-refractivity contribution in [3.8, 4) is 23.1 Å². The molecule has 2 saturated heterocycles. The minimum absolute atomic E-state index is 0. The summed E-state index contributed by atoms with van der Waals surface area (Å²) in [5, 5.41) is 5.25. The van der Waals surface area contributed by atoms with Crippen molar-refractivity contribution in [3.05, 3.63) is 71.4 Å². The van der Waals surface area contributed by atoms with Crippen LogP contribution < -0.4 is 10.6 Å². The van der Waals surface area contributed by atoms with Crippen molar-refractivity contribution >= 4 is 89.0 Å². The van der Waals surface area contributed by atoms with Crippen LogP contribution in [0, 0.1) is 23.7 Å². The maximum absolute atomic E-state index is 14.8. The molecule has 2 aliphatic heterocycles. The Morgan fingerprint density at radius 1 is 0.800 bits per heavy atom. The van der Waals surface area contributed by atoms with Crippen molar-refractivity contribution in [2.24, 2.45) is 11.8 Å². The highest BCUT2D eigenvalue weighted by Gasteiger charge is 2.42. The smallest absolute Gasteiger partial charge is 0.407 e. The number of alkyl carbamates (subject to hydrolysis) is 2. The summed E-state index contributed by atoms with van der Waals surface area (Å²) in [6, 6.07) is 10.9. The van der Waals surface area contributed by atoms with Crippen molar-refractivity contribution in [1.29, 1.82) is 0 Å². The van der Waals surface area contributed by atoms with E-state index in [1.807, 2.05) is 56.3 Å². The number of alkyl halides is 1. The van der Waals surface area contributed by atoms with Gasteiger partial charge in [0.1, 0.15) is 29.9 Å². The molecule has 14 nitrogen and oxygen atoms in total. The lowest BCUT2D eigenvalue weighted by atomic mass is 10.0. The molecule has 2 fully saturated rings.